The van der Waals surface area contributed by atoms with Gasteiger partial charge in [-0.1, -0.05) is 23.7 Å². The van der Waals surface area contributed by atoms with Crippen LogP contribution in [0.2, 0.25) is 5.02 Å². The lowest BCUT2D eigenvalue weighted by Crippen LogP contribution is -2.25. The van der Waals surface area contributed by atoms with Gasteiger partial charge < -0.3 is 10.6 Å². The van der Waals surface area contributed by atoms with Gasteiger partial charge in [0.2, 0.25) is 0 Å². The summed E-state index contributed by atoms with van der Waals surface area (Å²) in [5, 5.41) is 0.751. The van der Waals surface area contributed by atoms with Gasteiger partial charge in [-0.2, -0.15) is 0 Å². The molecule has 0 radical (unpaired) electrons. The first-order valence-corrected chi connectivity index (χ1v) is 4.63. The maximum absolute atomic E-state index is 5.96. The van der Waals surface area contributed by atoms with Gasteiger partial charge in [-0.3, -0.25) is 0 Å². The molecule has 0 saturated carbocycles. The average Bonchev–Trinajstić information content (AvgIpc) is 2.04. The Bertz CT molecular complexity index is 256. The molecule has 0 spiro atoms. The van der Waals surface area contributed by atoms with Crippen molar-refractivity contribution in [1.29, 1.82) is 0 Å². The Kier molecular flexibility index (Phi) is 3.72. The molecule has 0 heterocycles. The van der Waals surface area contributed by atoms with Crippen LogP contribution in [0.15, 0.2) is 24.3 Å². The quantitative estimate of drug-likeness (QED) is 0.804. The van der Waals surface area contributed by atoms with Gasteiger partial charge in [0.05, 0.1) is 0 Å². The number of benzene rings is 1. The van der Waals surface area contributed by atoms with Crippen molar-refractivity contribution in [3.63, 3.8) is 0 Å². The monoisotopic (exact) mass is 198 g/mol. The molecular weight excluding hydrogens is 184 g/mol. The fourth-order valence-electron chi connectivity index (χ4n) is 1.21. The Hall–Kier alpha value is -0.570. The van der Waals surface area contributed by atoms with Gasteiger partial charge in [-0.15, -0.1) is 0 Å². The van der Waals surface area contributed by atoms with Gasteiger partial charge >= 0.3 is 0 Å². The highest BCUT2D eigenvalue weighted by atomic mass is 35.5. The van der Waals surface area contributed by atoms with E-state index < -0.39 is 0 Å². The lowest BCUT2D eigenvalue weighted by Gasteiger charge is -2.16. The molecule has 0 saturated heterocycles. The Labute approximate surface area is 84.3 Å². The van der Waals surface area contributed by atoms with E-state index in [0.29, 0.717) is 0 Å². The van der Waals surface area contributed by atoms with Gasteiger partial charge in [0.1, 0.15) is 0 Å². The number of hydrogen-bond donors (Lipinski definition) is 1. The van der Waals surface area contributed by atoms with Crippen LogP contribution >= 0.6 is 11.6 Å². The standard InChI is InChI=1S/C10H15ClN2/c1-13(2)7-10(12)8-3-5-9(11)6-4-8/h3-6,10H,7,12H2,1-2H3/t10-/m1/s1. The summed E-state index contributed by atoms with van der Waals surface area (Å²) in [6.07, 6.45) is 0. The molecule has 1 aromatic carbocycles. The van der Waals surface area contributed by atoms with E-state index in [1.54, 1.807) is 0 Å². The van der Waals surface area contributed by atoms with Crippen LogP contribution in [0.4, 0.5) is 0 Å². The zero-order valence-corrected chi connectivity index (χ0v) is 8.75. The summed E-state index contributed by atoms with van der Waals surface area (Å²) >= 11 is 5.77. The molecule has 0 aromatic heterocycles. The van der Waals surface area contributed by atoms with E-state index in [-0.39, 0.29) is 6.04 Å². The molecule has 0 aliphatic carbocycles. The second-order valence-electron chi connectivity index (χ2n) is 3.42. The van der Waals surface area contributed by atoms with Crippen LogP contribution in [0.25, 0.3) is 0 Å². The first kappa shape index (κ1) is 10.5. The summed E-state index contributed by atoms with van der Waals surface area (Å²) in [4.78, 5) is 2.07. The molecule has 3 heteroatoms. The number of rotatable bonds is 3. The van der Waals surface area contributed by atoms with Crippen LogP contribution in [0.5, 0.6) is 0 Å². The van der Waals surface area contributed by atoms with E-state index >= 15 is 0 Å². The third kappa shape index (κ3) is 3.35. The molecule has 0 aliphatic rings. The summed E-state index contributed by atoms with van der Waals surface area (Å²) in [6, 6.07) is 7.73. The van der Waals surface area contributed by atoms with Crippen molar-refractivity contribution < 1.29 is 0 Å². The van der Waals surface area contributed by atoms with E-state index in [1.807, 2.05) is 38.4 Å². The highest BCUT2D eigenvalue weighted by Gasteiger charge is 2.05. The molecular formula is C10H15ClN2. The van der Waals surface area contributed by atoms with Crippen molar-refractivity contribution in [3.8, 4) is 0 Å². The van der Waals surface area contributed by atoms with E-state index in [1.165, 1.54) is 0 Å². The topological polar surface area (TPSA) is 29.3 Å². The van der Waals surface area contributed by atoms with E-state index in [0.717, 1.165) is 17.1 Å². The summed E-state index contributed by atoms with van der Waals surface area (Å²) in [6.45, 7) is 0.849. The molecule has 0 unspecified atom stereocenters. The molecule has 0 amide bonds. The molecule has 1 rings (SSSR count). The minimum absolute atomic E-state index is 0.0623. The maximum atomic E-state index is 5.96. The van der Waals surface area contributed by atoms with Crippen molar-refractivity contribution in [3.05, 3.63) is 34.9 Å². The lowest BCUT2D eigenvalue weighted by molar-refractivity contribution is 0.376. The van der Waals surface area contributed by atoms with E-state index in [2.05, 4.69) is 4.90 Å². The van der Waals surface area contributed by atoms with Crippen LogP contribution in [-0.2, 0) is 0 Å². The van der Waals surface area contributed by atoms with Crippen molar-refractivity contribution in [2.45, 2.75) is 6.04 Å². The third-order valence-corrected chi connectivity index (χ3v) is 2.11. The van der Waals surface area contributed by atoms with Gasteiger partial charge in [-0.25, -0.2) is 0 Å². The van der Waals surface area contributed by atoms with Crippen molar-refractivity contribution >= 4 is 11.6 Å². The molecule has 1 atom stereocenters. The number of hydrogen-bond acceptors (Lipinski definition) is 2. The molecule has 0 aliphatic heterocycles. The zero-order chi connectivity index (χ0) is 9.84. The second-order valence-corrected chi connectivity index (χ2v) is 3.86. The molecule has 0 fully saturated rings. The first-order valence-electron chi connectivity index (χ1n) is 4.25. The van der Waals surface area contributed by atoms with Crippen LogP contribution < -0.4 is 5.73 Å². The Morgan fingerprint density at radius 3 is 2.31 bits per heavy atom. The third-order valence-electron chi connectivity index (χ3n) is 1.86. The molecule has 0 bridgehead atoms. The van der Waals surface area contributed by atoms with Gasteiger partial charge in [0.15, 0.2) is 0 Å². The van der Waals surface area contributed by atoms with Crippen LogP contribution in [0.1, 0.15) is 11.6 Å². The van der Waals surface area contributed by atoms with Crippen LogP contribution in [0.3, 0.4) is 0 Å². The number of nitrogens with two attached hydrogens (primary N) is 1. The minimum atomic E-state index is 0.0623. The minimum Gasteiger partial charge on any atom is -0.323 e. The van der Waals surface area contributed by atoms with E-state index in [4.69, 9.17) is 17.3 Å². The first-order chi connectivity index (χ1) is 6.09. The fourth-order valence-corrected chi connectivity index (χ4v) is 1.33. The predicted molar refractivity (Wildman–Crippen MR) is 56.9 cm³/mol. The summed E-state index contributed by atoms with van der Waals surface area (Å²) in [7, 11) is 4.02. The molecule has 1 aromatic rings. The van der Waals surface area contributed by atoms with Crippen LogP contribution in [-0.4, -0.2) is 25.5 Å². The Morgan fingerprint density at radius 2 is 1.85 bits per heavy atom. The normalized spacial score (nSPS) is 13.3. The van der Waals surface area contributed by atoms with Gasteiger partial charge in [0, 0.05) is 17.6 Å². The van der Waals surface area contributed by atoms with E-state index in [9.17, 15) is 0 Å². The molecule has 13 heavy (non-hydrogen) atoms. The lowest BCUT2D eigenvalue weighted by atomic mass is 10.1. The molecule has 2 nitrogen and oxygen atoms in total. The summed E-state index contributed by atoms with van der Waals surface area (Å²) in [5.41, 5.74) is 7.08. The fraction of sp³-hybridized carbons (Fsp3) is 0.400. The number of halogens is 1. The highest BCUT2D eigenvalue weighted by Crippen LogP contribution is 2.14. The zero-order valence-electron chi connectivity index (χ0n) is 8.00. The van der Waals surface area contributed by atoms with Gasteiger partial charge in [-0.05, 0) is 31.8 Å². The summed E-state index contributed by atoms with van der Waals surface area (Å²) in [5.74, 6) is 0. The largest absolute Gasteiger partial charge is 0.323 e. The Morgan fingerprint density at radius 1 is 1.31 bits per heavy atom. The summed E-state index contributed by atoms with van der Waals surface area (Å²) < 4.78 is 0. The average molecular weight is 199 g/mol. The molecule has 72 valence electrons. The highest BCUT2D eigenvalue weighted by molar-refractivity contribution is 6.30. The smallest absolute Gasteiger partial charge is 0.0424 e. The Balaban J connectivity index is 2.66. The van der Waals surface area contributed by atoms with Gasteiger partial charge in [0.25, 0.3) is 0 Å². The van der Waals surface area contributed by atoms with Crippen molar-refractivity contribution in [2.75, 3.05) is 20.6 Å². The SMILES string of the molecule is CN(C)C[C@@H](N)c1ccc(Cl)cc1. The van der Waals surface area contributed by atoms with Crippen molar-refractivity contribution in [1.82, 2.24) is 4.90 Å². The number of nitrogens with zero attached hydrogens (tertiary/aromatic N) is 1. The maximum Gasteiger partial charge on any atom is 0.0424 e. The number of likely N-dealkylation sites (N-methyl/N-ethyl adjacent to an activating group) is 1. The predicted octanol–water partition coefficient (Wildman–Crippen LogP) is 1.90. The van der Waals surface area contributed by atoms with Crippen LogP contribution in [0, 0.1) is 0 Å². The van der Waals surface area contributed by atoms with Crippen molar-refractivity contribution in [2.24, 2.45) is 5.73 Å². The second kappa shape index (κ2) is 4.61. The molecule has 2 N–H and O–H groups in total.